The average molecular weight is 253 g/mol. The first-order chi connectivity index (χ1) is 8.31. The second kappa shape index (κ2) is 8.43. The van der Waals surface area contributed by atoms with Gasteiger partial charge in [0.1, 0.15) is 5.75 Å². The highest BCUT2D eigenvalue weighted by atomic mass is 32.2. The van der Waals surface area contributed by atoms with Gasteiger partial charge < -0.3 is 10.1 Å². The van der Waals surface area contributed by atoms with Crippen molar-refractivity contribution in [3.8, 4) is 5.75 Å². The third-order valence-corrected chi connectivity index (χ3v) is 3.39. The molecule has 0 aromatic heterocycles. The Kier molecular flexibility index (Phi) is 7.13. The van der Waals surface area contributed by atoms with Crippen molar-refractivity contribution in [2.24, 2.45) is 0 Å². The Morgan fingerprint density at radius 1 is 1.41 bits per heavy atom. The van der Waals surface area contributed by atoms with Gasteiger partial charge in [-0.1, -0.05) is 19.1 Å². The van der Waals surface area contributed by atoms with Crippen molar-refractivity contribution in [1.82, 2.24) is 5.32 Å². The topological polar surface area (TPSA) is 21.3 Å². The molecule has 0 aliphatic carbocycles. The molecule has 1 aromatic carbocycles. The van der Waals surface area contributed by atoms with Gasteiger partial charge in [0.2, 0.25) is 0 Å². The van der Waals surface area contributed by atoms with Crippen LogP contribution in [-0.2, 0) is 0 Å². The summed E-state index contributed by atoms with van der Waals surface area (Å²) < 4.78 is 5.28. The molecular weight excluding hydrogens is 230 g/mol. The van der Waals surface area contributed by atoms with Gasteiger partial charge in [0, 0.05) is 6.04 Å². The monoisotopic (exact) mass is 253 g/mol. The molecule has 17 heavy (non-hydrogen) atoms. The minimum Gasteiger partial charge on any atom is -0.497 e. The Bertz CT molecular complexity index is 309. The van der Waals surface area contributed by atoms with E-state index in [1.165, 1.54) is 17.7 Å². The summed E-state index contributed by atoms with van der Waals surface area (Å²) in [6.07, 6.45) is 4.48. The molecule has 0 amide bonds. The van der Waals surface area contributed by atoms with Gasteiger partial charge in [-0.05, 0) is 49.1 Å². The zero-order chi connectivity index (χ0) is 12.5. The standard InChI is InChI=1S/C14H23NOS/c1-4-9-15-14(8-10-17-3)12-6-5-7-13(11-12)16-2/h5-7,11,14-15H,4,8-10H2,1-3H3. The highest BCUT2D eigenvalue weighted by molar-refractivity contribution is 7.98. The molecule has 2 nitrogen and oxygen atoms in total. The molecular formula is C14H23NOS. The van der Waals surface area contributed by atoms with Crippen LogP contribution in [0.5, 0.6) is 5.75 Å². The minimum atomic E-state index is 0.442. The van der Waals surface area contributed by atoms with Gasteiger partial charge in [-0.2, -0.15) is 11.8 Å². The molecule has 1 aromatic rings. The smallest absolute Gasteiger partial charge is 0.119 e. The van der Waals surface area contributed by atoms with Crippen molar-refractivity contribution < 1.29 is 4.74 Å². The van der Waals surface area contributed by atoms with Crippen LogP contribution in [0.2, 0.25) is 0 Å². The first-order valence-corrected chi connectivity index (χ1v) is 7.57. The lowest BCUT2D eigenvalue weighted by molar-refractivity contribution is 0.412. The number of thioether (sulfide) groups is 1. The second-order valence-electron chi connectivity index (χ2n) is 4.06. The largest absolute Gasteiger partial charge is 0.497 e. The van der Waals surface area contributed by atoms with E-state index in [2.05, 4.69) is 36.7 Å². The Hall–Kier alpha value is -0.670. The van der Waals surface area contributed by atoms with Gasteiger partial charge in [0.05, 0.1) is 7.11 Å². The maximum absolute atomic E-state index is 5.28. The van der Waals surface area contributed by atoms with Crippen LogP contribution in [0.1, 0.15) is 31.4 Å². The van der Waals surface area contributed by atoms with E-state index in [4.69, 9.17) is 4.74 Å². The van der Waals surface area contributed by atoms with Crippen LogP contribution in [0.15, 0.2) is 24.3 Å². The summed E-state index contributed by atoms with van der Waals surface area (Å²) in [4.78, 5) is 0. The number of hydrogen-bond acceptors (Lipinski definition) is 3. The van der Waals surface area contributed by atoms with Gasteiger partial charge in [-0.15, -0.1) is 0 Å². The first-order valence-electron chi connectivity index (χ1n) is 6.18. The highest BCUT2D eigenvalue weighted by Gasteiger charge is 2.10. The van der Waals surface area contributed by atoms with E-state index >= 15 is 0 Å². The van der Waals surface area contributed by atoms with Gasteiger partial charge in [-0.25, -0.2) is 0 Å². The summed E-state index contributed by atoms with van der Waals surface area (Å²) >= 11 is 1.90. The number of rotatable bonds is 8. The van der Waals surface area contributed by atoms with E-state index in [-0.39, 0.29) is 0 Å². The Morgan fingerprint density at radius 3 is 2.88 bits per heavy atom. The van der Waals surface area contributed by atoms with Crippen molar-refractivity contribution in [3.63, 3.8) is 0 Å². The molecule has 1 rings (SSSR count). The molecule has 0 bridgehead atoms. The maximum Gasteiger partial charge on any atom is 0.119 e. The fourth-order valence-electron chi connectivity index (χ4n) is 1.80. The third-order valence-electron chi connectivity index (χ3n) is 2.75. The number of benzene rings is 1. The van der Waals surface area contributed by atoms with Gasteiger partial charge >= 0.3 is 0 Å². The summed E-state index contributed by atoms with van der Waals surface area (Å²) in [5, 5.41) is 3.60. The molecule has 0 radical (unpaired) electrons. The molecule has 0 spiro atoms. The fourth-order valence-corrected chi connectivity index (χ4v) is 2.27. The minimum absolute atomic E-state index is 0.442. The lowest BCUT2D eigenvalue weighted by Gasteiger charge is -2.19. The summed E-state index contributed by atoms with van der Waals surface area (Å²) in [6, 6.07) is 8.81. The van der Waals surface area contributed by atoms with Gasteiger partial charge in [-0.3, -0.25) is 0 Å². The van der Waals surface area contributed by atoms with Crippen LogP contribution in [0, 0.1) is 0 Å². The number of methoxy groups -OCH3 is 1. The van der Waals surface area contributed by atoms with Crippen LogP contribution in [-0.4, -0.2) is 25.7 Å². The zero-order valence-corrected chi connectivity index (χ0v) is 11.8. The summed E-state index contributed by atoms with van der Waals surface area (Å²) in [5.74, 6) is 2.12. The molecule has 1 N–H and O–H groups in total. The molecule has 0 heterocycles. The Labute approximate surface area is 109 Å². The number of hydrogen-bond donors (Lipinski definition) is 1. The van der Waals surface area contributed by atoms with E-state index in [0.29, 0.717) is 6.04 Å². The van der Waals surface area contributed by atoms with Crippen LogP contribution in [0.3, 0.4) is 0 Å². The molecule has 0 fully saturated rings. The second-order valence-corrected chi connectivity index (χ2v) is 5.05. The Morgan fingerprint density at radius 2 is 2.24 bits per heavy atom. The lowest BCUT2D eigenvalue weighted by atomic mass is 10.0. The van der Waals surface area contributed by atoms with Crippen molar-refractivity contribution in [2.75, 3.05) is 25.7 Å². The SMILES string of the molecule is CCCNC(CCSC)c1cccc(OC)c1. The maximum atomic E-state index is 5.28. The number of ether oxygens (including phenoxy) is 1. The molecule has 3 heteroatoms. The van der Waals surface area contributed by atoms with Crippen LogP contribution in [0.25, 0.3) is 0 Å². The van der Waals surface area contributed by atoms with Gasteiger partial charge in [0.25, 0.3) is 0 Å². The van der Waals surface area contributed by atoms with Crippen LogP contribution < -0.4 is 10.1 Å². The third kappa shape index (κ3) is 5.00. The summed E-state index contributed by atoms with van der Waals surface area (Å²) in [5.41, 5.74) is 1.33. The molecule has 0 saturated carbocycles. The van der Waals surface area contributed by atoms with E-state index < -0.39 is 0 Å². The van der Waals surface area contributed by atoms with Crippen molar-refractivity contribution in [3.05, 3.63) is 29.8 Å². The van der Waals surface area contributed by atoms with E-state index in [0.717, 1.165) is 18.7 Å². The van der Waals surface area contributed by atoms with Crippen LogP contribution in [0.4, 0.5) is 0 Å². The molecule has 0 saturated heterocycles. The van der Waals surface area contributed by atoms with Crippen molar-refractivity contribution >= 4 is 11.8 Å². The molecule has 1 atom stereocenters. The molecule has 0 aliphatic rings. The fraction of sp³-hybridized carbons (Fsp3) is 0.571. The molecule has 1 unspecified atom stereocenters. The van der Waals surface area contributed by atoms with Crippen molar-refractivity contribution in [1.29, 1.82) is 0 Å². The summed E-state index contributed by atoms with van der Waals surface area (Å²) in [7, 11) is 1.72. The summed E-state index contributed by atoms with van der Waals surface area (Å²) in [6.45, 7) is 3.26. The quantitative estimate of drug-likeness (QED) is 0.766. The highest BCUT2D eigenvalue weighted by Crippen LogP contribution is 2.22. The van der Waals surface area contributed by atoms with E-state index in [1.54, 1.807) is 7.11 Å². The zero-order valence-electron chi connectivity index (χ0n) is 11.0. The average Bonchev–Trinajstić information content (AvgIpc) is 2.39. The van der Waals surface area contributed by atoms with Crippen molar-refractivity contribution in [2.45, 2.75) is 25.8 Å². The molecule has 0 aliphatic heterocycles. The Balaban J connectivity index is 2.71. The van der Waals surface area contributed by atoms with E-state index in [9.17, 15) is 0 Å². The predicted molar refractivity (Wildman–Crippen MR) is 77.0 cm³/mol. The first kappa shape index (κ1) is 14.4. The van der Waals surface area contributed by atoms with Gasteiger partial charge in [0.15, 0.2) is 0 Å². The number of nitrogens with one attached hydrogen (secondary N) is 1. The van der Waals surface area contributed by atoms with E-state index in [1.807, 2.05) is 17.8 Å². The molecule has 96 valence electrons. The normalized spacial score (nSPS) is 12.4. The predicted octanol–water partition coefficient (Wildman–Crippen LogP) is 3.49. The van der Waals surface area contributed by atoms with Crippen LogP contribution >= 0.6 is 11.8 Å². The lowest BCUT2D eigenvalue weighted by Crippen LogP contribution is -2.22.